The number of ether oxygens (including phenoxy) is 1. The Bertz CT molecular complexity index is 310. The molecule has 0 aromatic carbocycles. The van der Waals surface area contributed by atoms with Crippen molar-refractivity contribution in [1.29, 1.82) is 0 Å². The molecule has 5 heteroatoms. The fraction of sp³-hybridized carbons (Fsp3) is 0.818. The van der Waals surface area contributed by atoms with Crippen molar-refractivity contribution in [3.8, 4) is 0 Å². The quantitative estimate of drug-likeness (QED) is 0.861. The first kappa shape index (κ1) is 11.8. The van der Waals surface area contributed by atoms with Crippen LogP contribution in [0.3, 0.4) is 0 Å². The molecule has 1 aliphatic rings. The average molecular weight is 241 g/mol. The van der Waals surface area contributed by atoms with E-state index in [0.29, 0.717) is 6.61 Å². The van der Waals surface area contributed by atoms with Gasteiger partial charge in [-0.3, -0.25) is 0 Å². The number of rotatable bonds is 5. The van der Waals surface area contributed by atoms with Crippen molar-refractivity contribution in [2.24, 2.45) is 5.92 Å². The van der Waals surface area contributed by atoms with Crippen LogP contribution in [0, 0.1) is 5.92 Å². The van der Waals surface area contributed by atoms with Crippen molar-refractivity contribution in [1.82, 2.24) is 9.59 Å². The summed E-state index contributed by atoms with van der Waals surface area (Å²) < 4.78 is 9.63. The molecule has 0 radical (unpaired) electrons. The van der Waals surface area contributed by atoms with E-state index in [0.717, 1.165) is 23.2 Å². The normalized spacial score (nSPS) is 17.6. The van der Waals surface area contributed by atoms with Gasteiger partial charge in [0.1, 0.15) is 10.7 Å². The summed E-state index contributed by atoms with van der Waals surface area (Å²) in [6, 6.07) is 0. The predicted molar refractivity (Wildman–Crippen MR) is 65.7 cm³/mol. The molecule has 16 heavy (non-hydrogen) atoms. The fourth-order valence-corrected chi connectivity index (χ4v) is 2.69. The van der Waals surface area contributed by atoms with Gasteiger partial charge in [-0.15, -0.1) is 5.10 Å². The van der Waals surface area contributed by atoms with Crippen molar-refractivity contribution in [2.45, 2.75) is 38.7 Å². The summed E-state index contributed by atoms with van der Waals surface area (Å²) in [5.74, 6) is 0.762. The molecule has 0 atom stereocenters. The Balaban J connectivity index is 1.71. The molecule has 1 aromatic heterocycles. The Hall–Kier alpha value is -0.680. The van der Waals surface area contributed by atoms with Crippen LogP contribution in [-0.4, -0.2) is 23.2 Å². The van der Waals surface area contributed by atoms with Crippen LogP contribution in [0.1, 0.15) is 37.8 Å². The molecule has 1 aliphatic carbocycles. The number of anilines is 1. The third-order valence-corrected chi connectivity index (χ3v) is 3.89. The van der Waals surface area contributed by atoms with E-state index in [4.69, 9.17) is 4.74 Å². The molecule has 2 rings (SSSR count). The Morgan fingerprint density at radius 1 is 1.38 bits per heavy atom. The highest BCUT2D eigenvalue weighted by atomic mass is 32.1. The van der Waals surface area contributed by atoms with Crippen molar-refractivity contribution in [2.75, 3.05) is 19.0 Å². The van der Waals surface area contributed by atoms with Gasteiger partial charge < -0.3 is 10.1 Å². The topological polar surface area (TPSA) is 47.0 Å². The second-order valence-corrected chi connectivity index (χ2v) is 5.07. The largest absolute Gasteiger partial charge is 0.377 e. The summed E-state index contributed by atoms with van der Waals surface area (Å²) in [7, 11) is 1.89. The van der Waals surface area contributed by atoms with Crippen molar-refractivity contribution in [3.63, 3.8) is 0 Å². The van der Waals surface area contributed by atoms with Gasteiger partial charge in [0, 0.05) is 25.2 Å². The molecule has 1 N–H and O–H groups in total. The highest BCUT2D eigenvalue weighted by Gasteiger charge is 2.14. The van der Waals surface area contributed by atoms with Crippen LogP contribution in [-0.2, 0) is 11.3 Å². The zero-order chi connectivity index (χ0) is 11.2. The summed E-state index contributed by atoms with van der Waals surface area (Å²) >= 11 is 1.38. The molecular weight excluding hydrogens is 222 g/mol. The van der Waals surface area contributed by atoms with Crippen molar-refractivity contribution < 1.29 is 4.74 Å². The molecule has 90 valence electrons. The summed E-state index contributed by atoms with van der Waals surface area (Å²) in [6.07, 6.45) is 6.79. The molecule has 1 aromatic rings. The van der Waals surface area contributed by atoms with Gasteiger partial charge in [0.05, 0.1) is 6.61 Å². The van der Waals surface area contributed by atoms with Gasteiger partial charge >= 0.3 is 0 Å². The Kier molecular flexibility index (Phi) is 4.54. The minimum Gasteiger partial charge on any atom is -0.377 e. The van der Waals surface area contributed by atoms with Gasteiger partial charge in [-0.1, -0.05) is 23.8 Å². The molecule has 1 fully saturated rings. The maximum absolute atomic E-state index is 5.72. The Morgan fingerprint density at radius 3 is 2.94 bits per heavy atom. The van der Waals surface area contributed by atoms with Gasteiger partial charge in [0.15, 0.2) is 0 Å². The molecule has 0 saturated heterocycles. The zero-order valence-corrected chi connectivity index (χ0v) is 10.6. The first-order chi connectivity index (χ1) is 7.90. The summed E-state index contributed by atoms with van der Waals surface area (Å²) in [5, 5.41) is 8.15. The van der Waals surface area contributed by atoms with Gasteiger partial charge in [-0.05, 0) is 18.8 Å². The first-order valence-electron chi connectivity index (χ1n) is 5.97. The lowest BCUT2D eigenvalue weighted by molar-refractivity contribution is 0.0723. The van der Waals surface area contributed by atoms with E-state index >= 15 is 0 Å². The van der Waals surface area contributed by atoms with E-state index in [1.165, 1.54) is 43.6 Å². The third-order valence-electron chi connectivity index (χ3n) is 3.10. The molecule has 0 spiro atoms. The highest BCUT2D eigenvalue weighted by molar-refractivity contribution is 7.10. The van der Waals surface area contributed by atoms with E-state index in [9.17, 15) is 0 Å². The maximum Gasteiger partial charge on any atom is 0.135 e. The van der Waals surface area contributed by atoms with Crippen molar-refractivity contribution in [3.05, 3.63) is 5.69 Å². The SMILES string of the molecule is CNc1snnc1COCC1CCCCC1. The van der Waals surface area contributed by atoms with Gasteiger partial charge in [-0.2, -0.15) is 0 Å². The van der Waals surface area contributed by atoms with E-state index in [1.54, 1.807) is 0 Å². The monoisotopic (exact) mass is 241 g/mol. The van der Waals surface area contributed by atoms with Crippen LogP contribution in [0.15, 0.2) is 0 Å². The van der Waals surface area contributed by atoms with E-state index in [-0.39, 0.29) is 0 Å². The molecule has 1 heterocycles. The van der Waals surface area contributed by atoms with Crippen LogP contribution < -0.4 is 5.32 Å². The molecular formula is C11H19N3OS. The van der Waals surface area contributed by atoms with E-state index in [1.807, 2.05) is 7.05 Å². The minimum absolute atomic E-state index is 0.586. The van der Waals surface area contributed by atoms with Crippen LogP contribution in [0.2, 0.25) is 0 Å². The summed E-state index contributed by atoms with van der Waals surface area (Å²) in [6.45, 7) is 1.46. The van der Waals surface area contributed by atoms with E-state index in [2.05, 4.69) is 14.9 Å². The smallest absolute Gasteiger partial charge is 0.135 e. The number of nitrogens with zero attached hydrogens (tertiary/aromatic N) is 2. The lowest BCUT2D eigenvalue weighted by Gasteiger charge is -2.21. The molecule has 4 nitrogen and oxygen atoms in total. The maximum atomic E-state index is 5.72. The molecule has 0 aliphatic heterocycles. The average Bonchev–Trinajstić information content (AvgIpc) is 2.78. The van der Waals surface area contributed by atoms with E-state index < -0.39 is 0 Å². The van der Waals surface area contributed by atoms with Gasteiger partial charge in [0.25, 0.3) is 0 Å². The number of aromatic nitrogens is 2. The number of hydrogen-bond acceptors (Lipinski definition) is 5. The lowest BCUT2D eigenvalue weighted by atomic mass is 9.90. The van der Waals surface area contributed by atoms with Crippen LogP contribution >= 0.6 is 11.5 Å². The van der Waals surface area contributed by atoms with Crippen LogP contribution in [0.5, 0.6) is 0 Å². The van der Waals surface area contributed by atoms with Crippen LogP contribution in [0.4, 0.5) is 5.00 Å². The van der Waals surface area contributed by atoms with Gasteiger partial charge in [-0.25, -0.2) is 0 Å². The third kappa shape index (κ3) is 3.15. The zero-order valence-electron chi connectivity index (χ0n) is 9.74. The highest BCUT2D eigenvalue weighted by Crippen LogP contribution is 2.24. The second-order valence-electron chi connectivity index (χ2n) is 4.32. The minimum atomic E-state index is 0.586. The Morgan fingerprint density at radius 2 is 2.19 bits per heavy atom. The van der Waals surface area contributed by atoms with Crippen LogP contribution in [0.25, 0.3) is 0 Å². The number of nitrogens with one attached hydrogen (secondary N) is 1. The molecule has 0 unspecified atom stereocenters. The van der Waals surface area contributed by atoms with Gasteiger partial charge in [0.2, 0.25) is 0 Å². The molecule has 0 amide bonds. The second kappa shape index (κ2) is 6.15. The fourth-order valence-electron chi connectivity index (χ4n) is 2.17. The molecule has 1 saturated carbocycles. The number of hydrogen-bond donors (Lipinski definition) is 1. The van der Waals surface area contributed by atoms with Crippen molar-refractivity contribution >= 4 is 16.5 Å². The summed E-state index contributed by atoms with van der Waals surface area (Å²) in [5.41, 5.74) is 0.934. The lowest BCUT2D eigenvalue weighted by Crippen LogP contribution is -2.13. The first-order valence-corrected chi connectivity index (χ1v) is 6.74. The molecule has 0 bridgehead atoms. The standard InChI is InChI=1S/C11H19N3OS/c1-12-11-10(13-14-16-11)8-15-7-9-5-3-2-4-6-9/h9,12H,2-8H2,1H3. The summed E-state index contributed by atoms with van der Waals surface area (Å²) in [4.78, 5) is 0. The Labute approximate surface area is 101 Å². The predicted octanol–water partition coefficient (Wildman–Crippen LogP) is 2.68.